The Morgan fingerprint density at radius 3 is 2.50 bits per heavy atom. The van der Waals surface area contributed by atoms with Crippen LogP contribution in [0.2, 0.25) is 0 Å². The van der Waals surface area contributed by atoms with E-state index in [9.17, 15) is 4.79 Å². The van der Waals surface area contributed by atoms with Gasteiger partial charge in [-0.15, -0.1) is 0 Å². The largest absolute Gasteiger partial charge is 0.353 e. The zero-order valence-corrected chi connectivity index (χ0v) is 8.44. The van der Waals surface area contributed by atoms with Crippen molar-refractivity contribution in [3.05, 3.63) is 0 Å². The van der Waals surface area contributed by atoms with Crippen LogP contribution in [0.1, 0.15) is 39.0 Å². The normalized spacial score (nSPS) is 29.8. The topological polar surface area (TPSA) is 29.1 Å². The predicted molar refractivity (Wildman–Crippen MR) is 53.5 cm³/mol. The van der Waals surface area contributed by atoms with Crippen molar-refractivity contribution in [3.8, 4) is 0 Å². The molecule has 3 heteroatoms. The van der Waals surface area contributed by atoms with Crippen molar-refractivity contribution in [2.24, 2.45) is 0 Å². The van der Waals surface area contributed by atoms with E-state index in [4.69, 9.17) is 0 Å². The molecule has 0 radical (unpaired) electrons. The number of hydrogen-bond donors (Lipinski definition) is 2. The Hall–Kier alpha value is -0.180. The average Bonchev–Trinajstić information content (AvgIpc) is 2.09. The third-order valence-electron chi connectivity index (χ3n) is 2.38. The maximum Gasteiger partial charge on any atom is 0.219 e. The van der Waals surface area contributed by atoms with E-state index in [1.165, 1.54) is 0 Å². The van der Waals surface area contributed by atoms with Crippen LogP contribution in [0.5, 0.6) is 0 Å². The molecule has 1 fully saturated rings. The summed E-state index contributed by atoms with van der Waals surface area (Å²) in [5.74, 6) is 0.178. The van der Waals surface area contributed by atoms with Gasteiger partial charge >= 0.3 is 0 Å². The van der Waals surface area contributed by atoms with Crippen molar-refractivity contribution in [2.45, 2.75) is 50.3 Å². The van der Waals surface area contributed by atoms with Gasteiger partial charge in [0.2, 0.25) is 5.91 Å². The third kappa shape index (κ3) is 3.05. The van der Waals surface area contributed by atoms with Crippen LogP contribution >= 0.6 is 12.6 Å². The van der Waals surface area contributed by atoms with Crippen LogP contribution in [0.15, 0.2) is 0 Å². The van der Waals surface area contributed by atoms with Gasteiger partial charge in [-0.25, -0.2) is 0 Å². The standard InChI is InChI=1S/C9H17NOS/c1-2-9(11)10-7-3-5-8(12)6-4-7/h7-8,12H,2-6H2,1H3,(H,10,11). The third-order valence-corrected chi connectivity index (χ3v) is 2.90. The van der Waals surface area contributed by atoms with E-state index in [-0.39, 0.29) is 5.91 Å². The van der Waals surface area contributed by atoms with Crippen molar-refractivity contribution < 1.29 is 4.79 Å². The zero-order chi connectivity index (χ0) is 8.97. The van der Waals surface area contributed by atoms with Crippen LogP contribution < -0.4 is 5.32 Å². The second-order valence-electron chi connectivity index (χ2n) is 3.43. The van der Waals surface area contributed by atoms with Crippen molar-refractivity contribution in [2.75, 3.05) is 0 Å². The number of thiol groups is 1. The second kappa shape index (κ2) is 4.75. The Morgan fingerprint density at radius 2 is 2.00 bits per heavy atom. The molecule has 1 saturated carbocycles. The number of hydrogen-bond acceptors (Lipinski definition) is 2. The molecular weight excluding hydrogens is 170 g/mol. The van der Waals surface area contributed by atoms with Gasteiger partial charge in [-0.2, -0.15) is 12.6 Å². The van der Waals surface area contributed by atoms with E-state index in [0.717, 1.165) is 25.7 Å². The number of rotatable bonds is 2. The highest BCUT2D eigenvalue weighted by Crippen LogP contribution is 2.22. The molecule has 0 spiro atoms. The molecular formula is C9H17NOS. The summed E-state index contributed by atoms with van der Waals surface area (Å²) in [5.41, 5.74) is 0. The summed E-state index contributed by atoms with van der Waals surface area (Å²) in [5, 5.41) is 3.57. The molecule has 0 aromatic carbocycles. The minimum absolute atomic E-state index is 0.178. The molecule has 1 aliphatic carbocycles. The van der Waals surface area contributed by atoms with Gasteiger partial charge < -0.3 is 5.32 Å². The van der Waals surface area contributed by atoms with E-state index in [1.807, 2.05) is 6.92 Å². The summed E-state index contributed by atoms with van der Waals surface area (Å²) in [6.45, 7) is 1.89. The molecule has 0 bridgehead atoms. The van der Waals surface area contributed by atoms with Gasteiger partial charge in [0.25, 0.3) is 0 Å². The van der Waals surface area contributed by atoms with E-state index in [2.05, 4.69) is 17.9 Å². The molecule has 1 amide bonds. The van der Waals surface area contributed by atoms with Gasteiger partial charge in [0.05, 0.1) is 0 Å². The average molecular weight is 187 g/mol. The zero-order valence-electron chi connectivity index (χ0n) is 7.55. The first kappa shape index (κ1) is 9.90. The molecule has 0 aromatic heterocycles. The SMILES string of the molecule is CCC(=O)NC1CCC(S)CC1. The Labute approximate surface area is 79.5 Å². The lowest BCUT2D eigenvalue weighted by Crippen LogP contribution is -2.37. The number of nitrogens with one attached hydrogen (secondary N) is 1. The van der Waals surface area contributed by atoms with Crippen LogP contribution in [-0.2, 0) is 4.79 Å². The van der Waals surface area contributed by atoms with Crippen LogP contribution in [0, 0.1) is 0 Å². The molecule has 1 aliphatic rings. The fourth-order valence-corrected chi connectivity index (χ4v) is 1.85. The molecule has 0 aliphatic heterocycles. The summed E-state index contributed by atoms with van der Waals surface area (Å²) < 4.78 is 0. The Bertz CT molecular complexity index is 153. The molecule has 0 heterocycles. The Balaban J connectivity index is 2.21. The van der Waals surface area contributed by atoms with E-state index in [0.29, 0.717) is 17.7 Å². The van der Waals surface area contributed by atoms with Gasteiger partial charge in [-0.3, -0.25) is 4.79 Å². The van der Waals surface area contributed by atoms with E-state index < -0.39 is 0 Å². The molecule has 0 aromatic rings. The van der Waals surface area contributed by atoms with Crippen LogP contribution in [0.4, 0.5) is 0 Å². The molecule has 0 saturated heterocycles. The van der Waals surface area contributed by atoms with E-state index in [1.54, 1.807) is 0 Å². The summed E-state index contributed by atoms with van der Waals surface area (Å²) in [6, 6.07) is 0.417. The lowest BCUT2D eigenvalue weighted by molar-refractivity contribution is -0.121. The van der Waals surface area contributed by atoms with Crippen LogP contribution in [-0.4, -0.2) is 17.2 Å². The smallest absolute Gasteiger partial charge is 0.219 e. The van der Waals surface area contributed by atoms with Crippen molar-refractivity contribution in [3.63, 3.8) is 0 Å². The summed E-state index contributed by atoms with van der Waals surface area (Å²) in [4.78, 5) is 11.0. The van der Waals surface area contributed by atoms with Gasteiger partial charge in [0.1, 0.15) is 0 Å². The summed E-state index contributed by atoms with van der Waals surface area (Å²) in [6.07, 6.45) is 5.07. The molecule has 1 rings (SSSR count). The van der Waals surface area contributed by atoms with E-state index >= 15 is 0 Å². The molecule has 12 heavy (non-hydrogen) atoms. The molecule has 0 atom stereocenters. The monoisotopic (exact) mass is 187 g/mol. The summed E-state index contributed by atoms with van der Waals surface area (Å²) >= 11 is 4.40. The molecule has 1 N–H and O–H groups in total. The Morgan fingerprint density at radius 1 is 1.42 bits per heavy atom. The quantitative estimate of drug-likeness (QED) is 0.634. The molecule has 2 nitrogen and oxygen atoms in total. The summed E-state index contributed by atoms with van der Waals surface area (Å²) in [7, 11) is 0. The fraction of sp³-hybridized carbons (Fsp3) is 0.889. The van der Waals surface area contributed by atoms with Gasteiger partial charge in [0.15, 0.2) is 0 Å². The minimum Gasteiger partial charge on any atom is -0.353 e. The number of amides is 1. The number of carbonyl (C=O) groups is 1. The predicted octanol–water partition coefficient (Wildman–Crippen LogP) is 1.75. The maximum absolute atomic E-state index is 11.0. The van der Waals surface area contributed by atoms with Crippen LogP contribution in [0.3, 0.4) is 0 Å². The fourth-order valence-electron chi connectivity index (χ4n) is 1.55. The molecule has 0 unspecified atom stereocenters. The minimum atomic E-state index is 0.178. The Kier molecular flexibility index (Phi) is 3.92. The molecule has 70 valence electrons. The number of carbonyl (C=O) groups excluding carboxylic acids is 1. The first-order valence-electron chi connectivity index (χ1n) is 4.69. The highest BCUT2D eigenvalue weighted by molar-refractivity contribution is 7.80. The van der Waals surface area contributed by atoms with Crippen LogP contribution in [0.25, 0.3) is 0 Å². The van der Waals surface area contributed by atoms with Gasteiger partial charge in [0, 0.05) is 17.7 Å². The van der Waals surface area contributed by atoms with Gasteiger partial charge in [-0.05, 0) is 25.7 Å². The lowest BCUT2D eigenvalue weighted by Gasteiger charge is -2.26. The highest BCUT2D eigenvalue weighted by Gasteiger charge is 2.19. The highest BCUT2D eigenvalue weighted by atomic mass is 32.1. The first-order chi connectivity index (χ1) is 5.72. The second-order valence-corrected chi connectivity index (χ2v) is 4.16. The first-order valence-corrected chi connectivity index (χ1v) is 5.21. The maximum atomic E-state index is 11.0. The van der Waals surface area contributed by atoms with Gasteiger partial charge in [-0.1, -0.05) is 6.92 Å². The van der Waals surface area contributed by atoms with Crippen molar-refractivity contribution in [1.29, 1.82) is 0 Å². The lowest BCUT2D eigenvalue weighted by atomic mass is 9.95. The van der Waals surface area contributed by atoms with Crippen molar-refractivity contribution in [1.82, 2.24) is 5.32 Å². The van der Waals surface area contributed by atoms with Crippen molar-refractivity contribution >= 4 is 18.5 Å².